The maximum Gasteiger partial charge on any atom is 0.159 e. The number of phenolic OH excluding ortho intramolecular Hbond substituents is 1. The first-order chi connectivity index (χ1) is 8.98. The van der Waals surface area contributed by atoms with Crippen molar-refractivity contribution in [2.75, 3.05) is 0 Å². The molecule has 2 atom stereocenters. The van der Waals surface area contributed by atoms with E-state index in [0.29, 0.717) is 5.92 Å². The predicted octanol–water partition coefficient (Wildman–Crippen LogP) is 3.58. The van der Waals surface area contributed by atoms with E-state index in [9.17, 15) is 9.90 Å². The summed E-state index contributed by atoms with van der Waals surface area (Å²) in [5.41, 5.74) is 2.29. The molecule has 1 aromatic rings. The summed E-state index contributed by atoms with van der Waals surface area (Å²) in [6.45, 7) is 4.37. The minimum absolute atomic E-state index is 0.112. The quantitative estimate of drug-likeness (QED) is 0.876. The second-order valence-corrected chi connectivity index (χ2v) is 6.13. The summed E-state index contributed by atoms with van der Waals surface area (Å²) >= 11 is 0. The summed E-state index contributed by atoms with van der Waals surface area (Å²) in [6.07, 6.45) is 6.86. The first kappa shape index (κ1) is 12.2. The average Bonchev–Trinajstić information content (AvgIpc) is 2.37. The highest BCUT2D eigenvalue weighted by molar-refractivity contribution is 5.96. The standard InChI is InChI=1S/C17H18O2/c1-17(2)14-10-15(17)16(19)9-12(14)6-3-11-4-7-13(18)8-5-11/h3-9,14-15,18H,10H2,1-2H3/b6-3+/t14-,15+/m1/s1. The second-order valence-electron chi connectivity index (χ2n) is 6.13. The minimum atomic E-state index is 0.112. The summed E-state index contributed by atoms with van der Waals surface area (Å²) in [5, 5.41) is 9.25. The molecule has 0 amide bonds. The van der Waals surface area contributed by atoms with Gasteiger partial charge in [-0.1, -0.05) is 38.1 Å². The SMILES string of the molecule is CC1(C)[C@@H]2C[C@H]1C(=O)C=C2/C=C/c1ccc(O)cc1. The Morgan fingerprint density at radius 2 is 1.84 bits per heavy atom. The Labute approximate surface area is 113 Å². The lowest BCUT2D eigenvalue weighted by molar-refractivity contribution is -0.133. The van der Waals surface area contributed by atoms with Gasteiger partial charge in [0.15, 0.2) is 5.78 Å². The van der Waals surface area contributed by atoms with Gasteiger partial charge in [0.1, 0.15) is 5.75 Å². The number of rotatable bonds is 2. The fourth-order valence-electron chi connectivity index (χ4n) is 3.28. The van der Waals surface area contributed by atoms with Crippen LogP contribution in [0, 0.1) is 17.3 Å². The van der Waals surface area contributed by atoms with Gasteiger partial charge in [0.05, 0.1) is 0 Å². The topological polar surface area (TPSA) is 37.3 Å². The van der Waals surface area contributed by atoms with Crippen molar-refractivity contribution in [2.45, 2.75) is 20.3 Å². The third kappa shape index (κ3) is 1.92. The molecule has 98 valence electrons. The molecule has 2 bridgehead atoms. The number of hydrogen-bond acceptors (Lipinski definition) is 2. The lowest BCUT2D eigenvalue weighted by atomic mass is 9.48. The maximum absolute atomic E-state index is 12.0. The average molecular weight is 254 g/mol. The van der Waals surface area contributed by atoms with Gasteiger partial charge in [0.2, 0.25) is 0 Å². The van der Waals surface area contributed by atoms with Crippen LogP contribution >= 0.6 is 0 Å². The molecular weight excluding hydrogens is 236 g/mol. The molecule has 1 saturated carbocycles. The van der Waals surface area contributed by atoms with E-state index in [1.165, 1.54) is 0 Å². The van der Waals surface area contributed by atoms with E-state index < -0.39 is 0 Å². The van der Waals surface area contributed by atoms with Gasteiger partial charge in [0, 0.05) is 5.92 Å². The highest BCUT2D eigenvalue weighted by Crippen LogP contribution is 2.58. The zero-order valence-electron chi connectivity index (χ0n) is 11.3. The van der Waals surface area contributed by atoms with Gasteiger partial charge < -0.3 is 5.11 Å². The van der Waals surface area contributed by atoms with Gasteiger partial charge in [0.25, 0.3) is 0 Å². The molecule has 3 aliphatic carbocycles. The van der Waals surface area contributed by atoms with Gasteiger partial charge in [-0.15, -0.1) is 0 Å². The number of fused-ring (bicyclic) bond motifs is 1. The molecule has 0 heterocycles. The molecule has 1 N–H and O–H groups in total. The van der Waals surface area contributed by atoms with E-state index in [-0.39, 0.29) is 22.9 Å². The number of allylic oxidation sites excluding steroid dienone is 3. The summed E-state index contributed by atoms with van der Waals surface area (Å²) < 4.78 is 0. The van der Waals surface area contributed by atoms with Crippen LogP contribution in [0.3, 0.4) is 0 Å². The van der Waals surface area contributed by atoms with Crippen molar-refractivity contribution >= 4 is 11.9 Å². The Balaban J connectivity index is 1.84. The van der Waals surface area contributed by atoms with Crippen LogP contribution in [0.5, 0.6) is 5.75 Å². The van der Waals surface area contributed by atoms with E-state index in [2.05, 4.69) is 13.8 Å². The number of aromatic hydroxyl groups is 1. The monoisotopic (exact) mass is 254 g/mol. The number of ketones is 1. The first-order valence-corrected chi connectivity index (χ1v) is 6.71. The molecule has 3 aliphatic rings. The molecule has 1 aromatic carbocycles. The highest BCUT2D eigenvalue weighted by Gasteiger charge is 2.54. The normalized spacial score (nSPS) is 28.1. The molecule has 0 radical (unpaired) electrons. The third-order valence-corrected chi connectivity index (χ3v) is 4.68. The summed E-state index contributed by atoms with van der Waals surface area (Å²) in [6, 6.07) is 7.07. The molecule has 2 heteroatoms. The van der Waals surface area contributed by atoms with Gasteiger partial charge >= 0.3 is 0 Å². The van der Waals surface area contributed by atoms with E-state index in [0.717, 1.165) is 17.6 Å². The summed E-state index contributed by atoms with van der Waals surface area (Å²) in [5.74, 6) is 1.27. The van der Waals surface area contributed by atoms with E-state index in [1.54, 1.807) is 18.2 Å². The molecule has 0 spiro atoms. The van der Waals surface area contributed by atoms with Crippen molar-refractivity contribution in [3.63, 3.8) is 0 Å². The van der Waals surface area contributed by atoms with Crippen LogP contribution in [0.25, 0.3) is 6.08 Å². The summed E-state index contributed by atoms with van der Waals surface area (Å²) in [4.78, 5) is 12.0. The molecule has 4 rings (SSSR count). The van der Waals surface area contributed by atoms with Crippen LogP contribution in [-0.2, 0) is 4.79 Å². The van der Waals surface area contributed by atoms with Crippen LogP contribution < -0.4 is 0 Å². The van der Waals surface area contributed by atoms with E-state index >= 15 is 0 Å². The molecule has 0 aromatic heterocycles. The first-order valence-electron chi connectivity index (χ1n) is 6.71. The largest absolute Gasteiger partial charge is 0.508 e. The van der Waals surface area contributed by atoms with E-state index in [1.807, 2.05) is 24.3 Å². The fraction of sp³-hybridized carbons (Fsp3) is 0.353. The van der Waals surface area contributed by atoms with Crippen LogP contribution in [0.2, 0.25) is 0 Å². The fourth-order valence-corrected chi connectivity index (χ4v) is 3.28. The molecule has 0 unspecified atom stereocenters. The number of carbonyl (C=O) groups excluding carboxylic acids is 1. The van der Waals surface area contributed by atoms with Crippen LogP contribution in [0.1, 0.15) is 25.8 Å². The van der Waals surface area contributed by atoms with Gasteiger partial charge in [-0.2, -0.15) is 0 Å². The highest BCUT2D eigenvalue weighted by atomic mass is 16.3. The van der Waals surface area contributed by atoms with Crippen molar-refractivity contribution in [3.05, 3.63) is 47.6 Å². The Morgan fingerprint density at radius 1 is 1.16 bits per heavy atom. The smallest absolute Gasteiger partial charge is 0.159 e. The van der Waals surface area contributed by atoms with Crippen molar-refractivity contribution in [1.29, 1.82) is 0 Å². The van der Waals surface area contributed by atoms with Gasteiger partial charge in [-0.25, -0.2) is 0 Å². The minimum Gasteiger partial charge on any atom is -0.508 e. The van der Waals surface area contributed by atoms with Crippen molar-refractivity contribution in [1.82, 2.24) is 0 Å². The van der Waals surface area contributed by atoms with Crippen LogP contribution in [0.15, 0.2) is 42.0 Å². The van der Waals surface area contributed by atoms with Crippen LogP contribution in [0.4, 0.5) is 0 Å². The molecule has 1 fully saturated rings. The Morgan fingerprint density at radius 3 is 2.42 bits per heavy atom. The Bertz CT molecular complexity index is 576. The molecule has 0 aliphatic heterocycles. The molecular formula is C17H18O2. The second kappa shape index (κ2) is 4.09. The predicted molar refractivity (Wildman–Crippen MR) is 75.6 cm³/mol. The lowest BCUT2D eigenvalue weighted by Crippen LogP contribution is -2.52. The molecule has 2 nitrogen and oxygen atoms in total. The number of carbonyl (C=O) groups is 1. The summed E-state index contributed by atoms with van der Waals surface area (Å²) in [7, 11) is 0. The Kier molecular flexibility index (Phi) is 2.63. The number of phenols is 1. The maximum atomic E-state index is 12.0. The number of hydrogen-bond donors (Lipinski definition) is 1. The van der Waals surface area contributed by atoms with Crippen molar-refractivity contribution < 1.29 is 9.90 Å². The van der Waals surface area contributed by atoms with Gasteiger partial charge in [-0.05, 0) is 47.1 Å². The third-order valence-electron chi connectivity index (χ3n) is 4.68. The zero-order valence-corrected chi connectivity index (χ0v) is 11.3. The lowest BCUT2D eigenvalue weighted by Gasteiger charge is -2.54. The Hall–Kier alpha value is -1.83. The van der Waals surface area contributed by atoms with Crippen molar-refractivity contribution in [2.24, 2.45) is 17.3 Å². The number of benzene rings is 1. The van der Waals surface area contributed by atoms with Crippen LogP contribution in [-0.4, -0.2) is 10.9 Å². The molecule has 0 saturated heterocycles. The van der Waals surface area contributed by atoms with E-state index in [4.69, 9.17) is 0 Å². The zero-order chi connectivity index (χ0) is 13.6. The van der Waals surface area contributed by atoms with Gasteiger partial charge in [-0.3, -0.25) is 4.79 Å². The van der Waals surface area contributed by atoms with Crippen molar-refractivity contribution in [3.8, 4) is 5.75 Å². The molecule has 19 heavy (non-hydrogen) atoms.